The first-order valence-electron chi connectivity index (χ1n) is 8.77. The van der Waals surface area contributed by atoms with Crippen LogP contribution in [0.25, 0.3) is 0 Å². The second-order valence-electron chi connectivity index (χ2n) is 7.58. The van der Waals surface area contributed by atoms with Gasteiger partial charge in [-0.25, -0.2) is 4.79 Å². The van der Waals surface area contributed by atoms with E-state index < -0.39 is 5.60 Å². The molecule has 1 heterocycles. The third-order valence-electron chi connectivity index (χ3n) is 4.33. The first-order valence-corrected chi connectivity index (χ1v) is 8.77. The zero-order valence-corrected chi connectivity index (χ0v) is 14.3. The number of rotatable bonds is 5. The number of hydrogen-bond donors (Lipinski definition) is 2. The quantitative estimate of drug-likeness (QED) is 0.819. The van der Waals surface area contributed by atoms with Crippen LogP contribution in [0.4, 0.5) is 4.79 Å². The summed E-state index contributed by atoms with van der Waals surface area (Å²) in [5, 5.41) is 6.59. The van der Waals surface area contributed by atoms with Crippen molar-refractivity contribution in [3.8, 4) is 0 Å². The SMILES string of the molecule is CC(C)(C)OC(=O)NC1CCC(NCCC2CCCCO2)C1. The van der Waals surface area contributed by atoms with E-state index in [0.29, 0.717) is 12.1 Å². The minimum absolute atomic E-state index is 0.235. The van der Waals surface area contributed by atoms with Crippen LogP contribution in [-0.2, 0) is 9.47 Å². The van der Waals surface area contributed by atoms with Gasteiger partial charge in [-0.05, 0) is 72.3 Å². The fourth-order valence-corrected chi connectivity index (χ4v) is 3.26. The predicted octanol–water partition coefficient (Wildman–Crippen LogP) is 2.98. The van der Waals surface area contributed by atoms with Gasteiger partial charge in [0.15, 0.2) is 0 Å². The van der Waals surface area contributed by atoms with Crippen LogP contribution in [0.2, 0.25) is 0 Å². The Morgan fingerprint density at radius 2 is 1.95 bits per heavy atom. The van der Waals surface area contributed by atoms with Crippen LogP contribution in [0.1, 0.15) is 65.7 Å². The highest BCUT2D eigenvalue weighted by atomic mass is 16.6. The Morgan fingerprint density at radius 1 is 1.18 bits per heavy atom. The van der Waals surface area contributed by atoms with Crippen LogP contribution in [-0.4, -0.2) is 43.0 Å². The molecular weight excluding hydrogens is 280 g/mol. The Morgan fingerprint density at radius 3 is 2.64 bits per heavy atom. The average molecular weight is 312 g/mol. The van der Waals surface area contributed by atoms with E-state index in [4.69, 9.17) is 9.47 Å². The van der Waals surface area contributed by atoms with Gasteiger partial charge in [0.2, 0.25) is 0 Å². The van der Waals surface area contributed by atoms with E-state index in [9.17, 15) is 4.79 Å². The van der Waals surface area contributed by atoms with Gasteiger partial charge in [0.05, 0.1) is 6.10 Å². The first-order chi connectivity index (χ1) is 10.4. The van der Waals surface area contributed by atoms with Crippen LogP contribution < -0.4 is 10.6 Å². The second kappa shape index (κ2) is 8.16. The summed E-state index contributed by atoms with van der Waals surface area (Å²) in [6.07, 6.45) is 8.09. The fourth-order valence-electron chi connectivity index (χ4n) is 3.26. The molecular formula is C17H32N2O3. The molecule has 1 amide bonds. The zero-order chi connectivity index (χ0) is 16.0. The molecule has 2 fully saturated rings. The number of ether oxygens (including phenoxy) is 2. The van der Waals surface area contributed by atoms with E-state index in [0.717, 1.165) is 38.8 Å². The summed E-state index contributed by atoms with van der Waals surface area (Å²) in [5.41, 5.74) is -0.430. The van der Waals surface area contributed by atoms with E-state index >= 15 is 0 Å². The van der Waals surface area contributed by atoms with E-state index in [-0.39, 0.29) is 12.1 Å². The molecule has 5 heteroatoms. The largest absolute Gasteiger partial charge is 0.444 e. The molecule has 2 N–H and O–H groups in total. The van der Waals surface area contributed by atoms with Crippen molar-refractivity contribution in [2.75, 3.05) is 13.2 Å². The summed E-state index contributed by atoms with van der Waals surface area (Å²) < 4.78 is 11.1. The third-order valence-corrected chi connectivity index (χ3v) is 4.33. The zero-order valence-electron chi connectivity index (χ0n) is 14.3. The number of carbonyl (C=O) groups excluding carboxylic acids is 1. The van der Waals surface area contributed by atoms with Gasteiger partial charge in [-0.15, -0.1) is 0 Å². The molecule has 0 radical (unpaired) electrons. The highest BCUT2D eigenvalue weighted by Crippen LogP contribution is 2.20. The summed E-state index contributed by atoms with van der Waals surface area (Å²) >= 11 is 0. The molecule has 0 aromatic rings. The molecule has 3 unspecified atom stereocenters. The normalized spacial score (nSPS) is 29.3. The highest BCUT2D eigenvalue weighted by molar-refractivity contribution is 5.68. The molecule has 5 nitrogen and oxygen atoms in total. The van der Waals surface area contributed by atoms with Crippen molar-refractivity contribution < 1.29 is 14.3 Å². The molecule has 1 aliphatic heterocycles. The van der Waals surface area contributed by atoms with Crippen molar-refractivity contribution in [3.63, 3.8) is 0 Å². The van der Waals surface area contributed by atoms with Gasteiger partial charge in [0, 0.05) is 18.7 Å². The summed E-state index contributed by atoms with van der Waals surface area (Å²) in [6, 6.07) is 0.738. The van der Waals surface area contributed by atoms with E-state index in [1.54, 1.807) is 0 Å². The van der Waals surface area contributed by atoms with Gasteiger partial charge < -0.3 is 20.1 Å². The summed E-state index contributed by atoms with van der Waals surface area (Å²) in [4.78, 5) is 11.8. The van der Waals surface area contributed by atoms with Crippen LogP contribution in [0.15, 0.2) is 0 Å². The lowest BCUT2D eigenvalue weighted by Gasteiger charge is -2.23. The predicted molar refractivity (Wildman–Crippen MR) is 87.0 cm³/mol. The Labute approximate surface area is 134 Å². The lowest BCUT2D eigenvalue weighted by atomic mass is 10.1. The smallest absolute Gasteiger partial charge is 0.407 e. The number of carbonyl (C=O) groups is 1. The van der Waals surface area contributed by atoms with Gasteiger partial charge in [0.1, 0.15) is 5.60 Å². The molecule has 0 aromatic carbocycles. The van der Waals surface area contributed by atoms with E-state index in [2.05, 4.69) is 10.6 Å². The lowest BCUT2D eigenvalue weighted by molar-refractivity contribution is 0.0112. The van der Waals surface area contributed by atoms with Crippen molar-refractivity contribution in [1.82, 2.24) is 10.6 Å². The monoisotopic (exact) mass is 312 g/mol. The van der Waals surface area contributed by atoms with Crippen LogP contribution >= 0.6 is 0 Å². The maximum Gasteiger partial charge on any atom is 0.407 e. The number of amides is 1. The molecule has 0 aromatic heterocycles. The summed E-state index contributed by atoms with van der Waals surface area (Å²) in [7, 11) is 0. The molecule has 2 rings (SSSR count). The highest BCUT2D eigenvalue weighted by Gasteiger charge is 2.27. The van der Waals surface area contributed by atoms with Gasteiger partial charge in [-0.1, -0.05) is 0 Å². The van der Waals surface area contributed by atoms with Gasteiger partial charge in [0.25, 0.3) is 0 Å². The average Bonchev–Trinajstić information content (AvgIpc) is 2.85. The molecule has 0 bridgehead atoms. The molecule has 3 atom stereocenters. The number of hydrogen-bond acceptors (Lipinski definition) is 4. The Kier molecular flexibility index (Phi) is 6.50. The maximum absolute atomic E-state index is 11.8. The minimum Gasteiger partial charge on any atom is -0.444 e. The van der Waals surface area contributed by atoms with E-state index in [1.807, 2.05) is 20.8 Å². The van der Waals surface area contributed by atoms with Crippen LogP contribution in [0.5, 0.6) is 0 Å². The first kappa shape index (κ1) is 17.5. The van der Waals surface area contributed by atoms with Crippen LogP contribution in [0, 0.1) is 0 Å². The standard InChI is InChI=1S/C17H32N2O3/c1-17(2,3)22-16(20)19-14-8-7-13(12-14)18-10-9-15-6-4-5-11-21-15/h13-15,18H,4-12H2,1-3H3,(H,19,20). The molecule has 1 aliphatic carbocycles. The second-order valence-corrected chi connectivity index (χ2v) is 7.58. The number of nitrogens with one attached hydrogen (secondary N) is 2. The van der Waals surface area contributed by atoms with Gasteiger partial charge >= 0.3 is 6.09 Å². The fraction of sp³-hybridized carbons (Fsp3) is 0.941. The van der Waals surface area contributed by atoms with Crippen molar-refractivity contribution in [2.45, 2.75) is 89.5 Å². The summed E-state index contributed by atoms with van der Waals surface area (Å²) in [5.74, 6) is 0. The lowest BCUT2D eigenvalue weighted by Crippen LogP contribution is -2.39. The summed E-state index contributed by atoms with van der Waals surface area (Å²) in [6.45, 7) is 7.60. The maximum atomic E-state index is 11.8. The molecule has 0 spiro atoms. The Bertz CT molecular complexity index is 348. The topological polar surface area (TPSA) is 59.6 Å². The van der Waals surface area contributed by atoms with E-state index in [1.165, 1.54) is 19.3 Å². The van der Waals surface area contributed by atoms with Crippen molar-refractivity contribution in [2.24, 2.45) is 0 Å². The van der Waals surface area contributed by atoms with Gasteiger partial charge in [-0.2, -0.15) is 0 Å². The van der Waals surface area contributed by atoms with Crippen molar-refractivity contribution >= 4 is 6.09 Å². The van der Waals surface area contributed by atoms with Crippen LogP contribution in [0.3, 0.4) is 0 Å². The Balaban J connectivity index is 1.58. The van der Waals surface area contributed by atoms with Gasteiger partial charge in [-0.3, -0.25) is 0 Å². The van der Waals surface area contributed by atoms with Crippen molar-refractivity contribution in [1.29, 1.82) is 0 Å². The minimum atomic E-state index is -0.430. The molecule has 2 aliphatic rings. The molecule has 1 saturated carbocycles. The molecule has 1 saturated heterocycles. The molecule has 128 valence electrons. The molecule has 22 heavy (non-hydrogen) atoms. The number of alkyl carbamates (subject to hydrolysis) is 1. The third kappa shape index (κ3) is 6.53. The Hall–Kier alpha value is -0.810. The van der Waals surface area contributed by atoms with Crippen molar-refractivity contribution in [3.05, 3.63) is 0 Å².